The number of rotatable bonds is 2. The van der Waals surface area contributed by atoms with E-state index >= 15 is 0 Å². The van der Waals surface area contributed by atoms with Gasteiger partial charge in [-0.15, -0.1) is 10.2 Å². The third kappa shape index (κ3) is 2.35. The van der Waals surface area contributed by atoms with Crippen molar-refractivity contribution in [3.05, 3.63) is 109 Å². The second-order valence-electron chi connectivity index (χ2n) is 9.08. The van der Waals surface area contributed by atoms with Crippen molar-refractivity contribution in [1.29, 1.82) is 0 Å². The lowest BCUT2D eigenvalue weighted by molar-refractivity contribution is 1.25. The van der Waals surface area contributed by atoms with Gasteiger partial charge in [-0.2, -0.15) is 0 Å². The molecule has 0 aliphatic rings. The molecule has 0 heterocycles. The van der Waals surface area contributed by atoms with Gasteiger partial charge in [0.2, 0.25) is 0 Å². The van der Waals surface area contributed by atoms with Gasteiger partial charge in [0, 0.05) is 10.8 Å². The van der Waals surface area contributed by atoms with Crippen LogP contribution >= 0.6 is 0 Å². The summed E-state index contributed by atoms with van der Waals surface area (Å²) in [5.74, 6) is 0. The van der Waals surface area contributed by atoms with Gasteiger partial charge in [-0.25, -0.2) is 0 Å². The Bertz CT molecular complexity index is 1880. The zero-order chi connectivity index (χ0) is 22.2. The molecule has 0 bridgehead atoms. The molecule has 8 aromatic carbocycles. The zero-order valence-corrected chi connectivity index (χ0v) is 18.3. The first-order valence-electron chi connectivity index (χ1n) is 11.6. The molecule has 0 aliphatic heterocycles. The van der Waals surface area contributed by atoms with E-state index in [1.807, 2.05) is 0 Å². The van der Waals surface area contributed by atoms with Gasteiger partial charge < -0.3 is 0 Å². The molecule has 0 saturated heterocycles. The van der Waals surface area contributed by atoms with E-state index in [9.17, 15) is 0 Å². The Kier molecular flexibility index (Phi) is 3.42. The van der Waals surface area contributed by atoms with E-state index in [0.29, 0.717) is 0 Å². The maximum Gasteiger partial charge on any atom is 0.0936 e. The van der Waals surface area contributed by atoms with E-state index in [0.717, 1.165) is 22.1 Å². The highest BCUT2D eigenvalue weighted by atomic mass is 15.1. The van der Waals surface area contributed by atoms with Gasteiger partial charge >= 0.3 is 0 Å². The van der Waals surface area contributed by atoms with Gasteiger partial charge in [-0.05, 0) is 66.0 Å². The summed E-state index contributed by atoms with van der Waals surface area (Å²) in [5, 5.41) is 24.5. The Morgan fingerprint density at radius 3 is 1.03 bits per heavy atom. The second kappa shape index (κ2) is 6.49. The lowest BCUT2D eigenvalue weighted by atomic mass is 9.93. The first-order valence-corrected chi connectivity index (χ1v) is 11.6. The smallest absolute Gasteiger partial charge is 0.0936 e. The van der Waals surface area contributed by atoms with Gasteiger partial charge in [0.05, 0.1) is 11.4 Å². The van der Waals surface area contributed by atoms with Crippen molar-refractivity contribution in [2.75, 3.05) is 0 Å². The molecule has 0 fully saturated rings. The number of nitrogens with zero attached hydrogens (tertiary/aromatic N) is 2. The fourth-order valence-electron chi connectivity index (χ4n) is 5.72. The van der Waals surface area contributed by atoms with E-state index in [1.165, 1.54) is 53.9 Å². The average molecular weight is 431 g/mol. The molecule has 0 unspecified atom stereocenters. The Balaban J connectivity index is 1.37. The Hall–Kier alpha value is -4.56. The Morgan fingerprint density at radius 2 is 0.618 bits per heavy atom. The molecule has 2 heteroatoms. The predicted molar refractivity (Wildman–Crippen MR) is 144 cm³/mol. The minimum atomic E-state index is 0.899. The third-order valence-electron chi connectivity index (χ3n) is 7.28. The van der Waals surface area contributed by atoms with Gasteiger partial charge in [0.1, 0.15) is 0 Å². The molecule has 156 valence electrons. The van der Waals surface area contributed by atoms with Crippen LogP contribution in [0.1, 0.15) is 0 Å². The molecular weight excluding hydrogens is 412 g/mol. The molecule has 2 nitrogen and oxygen atoms in total. The summed E-state index contributed by atoms with van der Waals surface area (Å²) in [6.07, 6.45) is 0. The predicted octanol–water partition coefficient (Wildman–Crippen LogP) is 9.90. The van der Waals surface area contributed by atoms with Crippen LogP contribution < -0.4 is 0 Å². The molecule has 0 N–H and O–H groups in total. The Labute approximate surface area is 195 Å². The minimum absolute atomic E-state index is 0.899. The largest absolute Gasteiger partial charge is 0.150 e. The van der Waals surface area contributed by atoms with E-state index in [-0.39, 0.29) is 0 Å². The normalized spacial score (nSPS) is 12.6. The molecule has 8 aromatic rings. The maximum atomic E-state index is 4.79. The summed E-state index contributed by atoms with van der Waals surface area (Å²) >= 11 is 0. The summed E-state index contributed by atoms with van der Waals surface area (Å²) in [4.78, 5) is 0. The molecule has 0 atom stereocenters. The fourth-order valence-corrected chi connectivity index (χ4v) is 5.72. The molecular formula is C32H18N2. The second-order valence-corrected chi connectivity index (χ2v) is 9.08. The molecule has 0 saturated carbocycles. The Morgan fingerprint density at radius 1 is 0.294 bits per heavy atom. The minimum Gasteiger partial charge on any atom is -0.150 e. The van der Waals surface area contributed by atoms with Gasteiger partial charge in [-0.1, -0.05) is 97.1 Å². The average Bonchev–Trinajstić information content (AvgIpc) is 2.90. The topological polar surface area (TPSA) is 24.7 Å². The van der Waals surface area contributed by atoms with Crippen LogP contribution in [0.25, 0.3) is 64.6 Å². The van der Waals surface area contributed by atoms with Gasteiger partial charge in [-0.3, -0.25) is 0 Å². The van der Waals surface area contributed by atoms with Crippen molar-refractivity contribution in [3.8, 4) is 0 Å². The highest BCUT2D eigenvalue weighted by Crippen LogP contribution is 2.41. The first-order chi connectivity index (χ1) is 16.8. The first kappa shape index (κ1) is 17.9. The molecule has 34 heavy (non-hydrogen) atoms. The van der Waals surface area contributed by atoms with Gasteiger partial charge in [0.15, 0.2) is 0 Å². The van der Waals surface area contributed by atoms with E-state index in [4.69, 9.17) is 10.2 Å². The lowest BCUT2D eigenvalue weighted by Gasteiger charge is -2.12. The summed E-state index contributed by atoms with van der Waals surface area (Å²) in [6.45, 7) is 0. The van der Waals surface area contributed by atoms with Crippen LogP contribution in [-0.4, -0.2) is 0 Å². The van der Waals surface area contributed by atoms with Crippen molar-refractivity contribution >= 4 is 76.0 Å². The zero-order valence-electron chi connectivity index (χ0n) is 18.3. The summed E-state index contributed by atoms with van der Waals surface area (Å²) < 4.78 is 0. The molecule has 0 aromatic heterocycles. The van der Waals surface area contributed by atoms with Crippen LogP contribution in [0, 0.1) is 0 Å². The molecule has 8 rings (SSSR count). The summed E-state index contributed by atoms with van der Waals surface area (Å²) in [7, 11) is 0. The summed E-state index contributed by atoms with van der Waals surface area (Å²) in [6, 6.07) is 39.0. The van der Waals surface area contributed by atoms with E-state index in [1.54, 1.807) is 0 Å². The van der Waals surface area contributed by atoms with Crippen molar-refractivity contribution in [3.63, 3.8) is 0 Å². The molecule has 0 aliphatic carbocycles. The molecule has 0 spiro atoms. The number of hydrogen-bond acceptors (Lipinski definition) is 2. The number of azo groups is 1. The van der Waals surface area contributed by atoms with E-state index in [2.05, 4.69) is 109 Å². The van der Waals surface area contributed by atoms with E-state index < -0.39 is 0 Å². The van der Waals surface area contributed by atoms with Crippen LogP contribution in [0.5, 0.6) is 0 Å². The van der Waals surface area contributed by atoms with Crippen molar-refractivity contribution in [2.24, 2.45) is 10.2 Å². The number of hydrogen-bond donors (Lipinski definition) is 0. The monoisotopic (exact) mass is 430 g/mol. The van der Waals surface area contributed by atoms with Crippen LogP contribution in [-0.2, 0) is 0 Å². The number of benzene rings is 8. The highest BCUT2D eigenvalue weighted by Gasteiger charge is 2.12. The van der Waals surface area contributed by atoms with Crippen LogP contribution in [0.2, 0.25) is 0 Å². The van der Waals surface area contributed by atoms with Crippen molar-refractivity contribution < 1.29 is 0 Å². The maximum absolute atomic E-state index is 4.79. The quantitative estimate of drug-likeness (QED) is 0.192. The molecule has 0 amide bonds. The van der Waals surface area contributed by atoms with Gasteiger partial charge in [0.25, 0.3) is 0 Å². The third-order valence-corrected chi connectivity index (χ3v) is 7.28. The van der Waals surface area contributed by atoms with Crippen LogP contribution in [0.3, 0.4) is 0 Å². The van der Waals surface area contributed by atoms with Crippen LogP contribution in [0.15, 0.2) is 119 Å². The standard InChI is InChI=1S/C32H18N2/c1-3-19-7-9-23-13-17-27(25-15-11-21(5-1)29(19)31(23)25)33-34-28-18-14-24-10-8-20-4-2-6-22-12-16-26(28)32(24)30(20)22/h1-18H. The summed E-state index contributed by atoms with van der Waals surface area (Å²) in [5.41, 5.74) is 1.80. The fraction of sp³-hybridized carbons (Fsp3) is 0. The van der Waals surface area contributed by atoms with Crippen LogP contribution in [0.4, 0.5) is 11.4 Å². The highest BCUT2D eigenvalue weighted by molar-refractivity contribution is 6.26. The SMILES string of the molecule is c1cc2ccc3ccc(N=Nc4ccc5ccc6cccc7ccc4c5c67)c4ccc(c1)c2c34. The van der Waals surface area contributed by atoms with Crippen molar-refractivity contribution in [1.82, 2.24) is 0 Å². The molecule has 0 radical (unpaired) electrons. The lowest BCUT2D eigenvalue weighted by Crippen LogP contribution is -1.84. The van der Waals surface area contributed by atoms with Crippen molar-refractivity contribution in [2.45, 2.75) is 0 Å².